The van der Waals surface area contributed by atoms with Crippen LogP contribution in [-0.4, -0.2) is 31.2 Å². The van der Waals surface area contributed by atoms with Crippen LogP contribution in [0.25, 0.3) is 0 Å². The average molecular weight is 146 g/mol. The van der Waals surface area contributed by atoms with Crippen LogP contribution in [0.1, 0.15) is 13.8 Å². The molecule has 9 heavy (non-hydrogen) atoms. The Morgan fingerprint density at radius 3 is 2.00 bits per heavy atom. The zero-order valence-electron chi connectivity index (χ0n) is 6.42. The number of hydrogen-bond donors (Lipinski definition) is 0. The largest absolute Gasteiger partial charge is 0.375 e. The first-order valence-electron chi connectivity index (χ1n) is 3.52. The first-order chi connectivity index (χ1) is 4.18. The fraction of sp³-hybridized carbons (Fsp3) is 1.00. The first kappa shape index (κ1) is 7.50. The van der Waals surface area contributed by atoms with Crippen LogP contribution >= 0.6 is 7.92 Å². The van der Waals surface area contributed by atoms with Crippen molar-refractivity contribution in [1.29, 1.82) is 0 Å². The lowest BCUT2D eigenvalue weighted by Crippen LogP contribution is -2.28. The molecule has 2 heteroatoms. The molecule has 54 valence electrons. The summed E-state index contributed by atoms with van der Waals surface area (Å²) in [7, 11) is 0.305. The second-order valence-corrected chi connectivity index (χ2v) is 5.42. The lowest BCUT2D eigenvalue weighted by Gasteiger charge is -2.30. The maximum absolute atomic E-state index is 5.57. The molecular weight excluding hydrogens is 131 g/mol. The molecule has 0 spiro atoms. The zero-order chi connectivity index (χ0) is 6.85. The molecule has 1 saturated heterocycles. The quantitative estimate of drug-likeness (QED) is 0.474. The molecule has 0 saturated carbocycles. The van der Waals surface area contributed by atoms with E-state index in [1.807, 2.05) is 0 Å². The van der Waals surface area contributed by atoms with Gasteiger partial charge in [-0.05, 0) is 32.8 Å². The molecule has 0 aromatic rings. The second kappa shape index (κ2) is 2.98. The summed E-state index contributed by atoms with van der Waals surface area (Å²) >= 11 is 0. The SMILES string of the molecule is CC1CP(C)CC(C)O1. The highest BCUT2D eigenvalue weighted by Gasteiger charge is 2.19. The predicted molar refractivity (Wildman–Crippen MR) is 42.6 cm³/mol. The van der Waals surface area contributed by atoms with Crippen molar-refractivity contribution < 1.29 is 4.74 Å². The molecular formula is C7H15OP. The molecule has 0 amide bonds. The topological polar surface area (TPSA) is 9.23 Å². The monoisotopic (exact) mass is 146 g/mol. The van der Waals surface area contributed by atoms with Gasteiger partial charge in [-0.2, -0.15) is 0 Å². The summed E-state index contributed by atoms with van der Waals surface area (Å²) < 4.78 is 5.57. The van der Waals surface area contributed by atoms with E-state index in [-0.39, 0.29) is 0 Å². The van der Waals surface area contributed by atoms with Gasteiger partial charge in [0, 0.05) is 0 Å². The van der Waals surface area contributed by atoms with Gasteiger partial charge in [-0.25, -0.2) is 0 Å². The van der Waals surface area contributed by atoms with Gasteiger partial charge in [-0.3, -0.25) is 0 Å². The van der Waals surface area contributed by atoms with E-state index < -0.39 is 0 Å². The summed E-state index contributed by atoms with van der Waals surface area (Å²) in [5.41, 5.74) is 0. The minimum absolute atomic E-state index is 0.305. The third kappa shape index (κ3) is 2.23. The van der Waals surface area contributed by atoms with E-state index in [1.165, 1.54) is 12.3 Å². The van der Waals surface area contributed by atoms with Crippen LogP contribution in [0.3, 0.4) is 0 Å². The fourth-order valence-corrected chi connectivity index (χ4v) is 3.51. The molecule has 1 rings (SSSR count). The summed E-state index contributed by atoms with van der Waals surface area (Å²) in [5, 5.41) is 0. The lowest BCUT2D eigenvalue weighted by molar-refractivity contribution is 0.0270. The van der Waals surface area contributed by atoms with E-state index in [2.05, 4.69) is 20.5 Å². The number of ether oxygens (including phenoxy) is 1. The molecule has 0 aliphatic carbocycles. The van der Waals surface area contributed by atoms with E-state index >= 15 is 0 Å². The summed E-state index contributed by atoms with van der Waals surface area (Å²) in [6.45, 7) is 6.72. The van der Waals surface area contributed by atoms with Gasteiger partial charge in [0.2, 0.25) is 0 Å². The normalized spacial score (nSPS) is 45.0. The molecule has 1 fully saturated rings. The van der Waals surface area contributed by atoms with E-state index in [1.54, 1.807) is 0 Å². The summed E-state index contributed by atoms with van der Waals surface area (Å²) in [5.74, 6) is 0. The Labute approximate surface area is 58.5 Å². The van der Waals surface area contributed by atoms with Crippen molar-refractivity contribution in [3.63, 3.8) is 0 Å². The highest BCUT2D eigenvalue weighted by atomic mass is 31.1. The average Bonchev–Trinajstić information content (AvgIpc) is 1.59. The van der Waals surface area contributed by atoms with Crippen LogP contribution < -0.4 is 0 Å². The van der Waals surface area contributed by atoms with Crippen LogP contribution in [0.4, 0.5) is 0 Å². The van der Waals surface area contributed by atoms with Gasteiger partial charge in [-0.15, -0.1) is 7.92 Å². The van der Waals surface area contributed by atoms with Crippen molar-refractivity contribution in [3.8, 4) is 0 Å². The number of rotatable bonds is 0. The molecule has 0 radical (unpaired) electrons. The highest BCUT2D eigenvalue weighted by Crippen LogP contribution is 2.37. The van der Waals surface area contributed by atoms with Crippen LogP contribution in [-0.2, 0) is 4.74 Å². The van der Waals surface area contributed by atoms with Crippen molar-refractivity contribution in [2.75, 3.05) is 19.0 Å². The number of hydrogen-bond acceptors (Lipinski definition) is 1. The lowest BCUT2D eigenvalue weighted by atomic mass is 10.4. The van der Waals surface area contributed by atoms with Crippen LogP contribution in [0, 0.1) is 0 Å². The van der Waals surface area contributed by atoms with Gasteiger partial charge in [0.25, 0.3) is 0 Å². The van der Waals surface area contributed by atoms with E-state index in [0.717, 1.165) is 0 Å². The fourth-order valence-electron chi connectivity index (χ4n) is 1.44. The van der Waals surface area contributed by atoms with Gasteiger partial charge in [0.15, 0.2) is 0 Å². The van der Waals surface area contributed by atoms with Crippen molar-refractivity contribution in [3.05, 3.63) is 0 Å². The molecule has 0 aromatic heterocycles. The third-order valence-corrected chi connectivity index (χ3v) is 3.88. The molecule has 0 bridgehead atoms. The minimum atomic E-state index is 0.305. The molecule has 0 N–H and O–H groups in total. The maximum Gasteiger partial charge on any atom is 0.0589 e. The standard InChI is InChI=1S/C7H15OP/c1-6-4-9(3)5-7(2)8-6/h6-7H,4-5H2,1-3H3. The van der Waals surface area contributed by atoms with Gasteiger partial charge in [-0.1, -0.05) is 0 Å². The van der Waals surface area contributed by atoms with Crippen LogP contribution in [0.5, 0.6) is 0 Å². The predicted octanol–water partition coefficient (Wildman–Crippen LogP) is 1.91. The van der Waals surface area contributed by atoms with E-state index in [4.69, 9.17) is 4.74 Å². The Morgan fingerprint density at radius 1 is 1.22 bits per heavy atom. The van der Waals surface area contributed by atoms with Gasteiger partial charge in [0.05, 0.1) is 12.2 Å². The Morgan fingerprint density at radius 2 is 1.67 bits per heavy atom. The zero-order valence-corrected chi connectivity index (χ0v) is 7.32. The molecule has 1 aliphatic rings. The smallest absolute Gasteiger partial charge is 0.0589 e. The molecule has 1 heterocycles. The van der Waals surface area contributed by atoms with Crippen LogP contribution in [0.2, 0.25) is 0 Å². The maximum atomic E-state index is 5.57. The Bertz CT molecular complexity index is 69.9. The van der Waals surface area contributed by atoms with E-state index in [9.17, 15) is 0 Å². The Balaban J connectivity index is 2.34. The van der Waals surface area contributed by atoms with Gasteiger partial charge < -0.3 is 4.74 Å². The van der Waals surface area contributed by atoms with Crippen molar-refractivity contribution >= 4 is 7.92 Å². The van der Waals surface area contributed by atoms with Crippen molar-refractivity contribution in [1.82, 2.24) is 0 Å². The summed E-state index contributed by atoms with van der Waals surface area (Å²) in [6, 6.07) is 0. The molecule has 2 atom stereocenters. The van der Waals surface area contributed by atoms with Crippen molar-refractivity contribution in [2.24, 2.45) is 0 Å². The Hall–Kier alpha value is 0.390. The van der Waals surface area contributed by atoms with Gasteiger partial charge >= 0.3 is 0 Å². The Kier molecular flexibility index (Phi) is 2.49. The molecule has 1 nitrogen and oxygen atoms in total. The van der Waals surface area contributed by atoms with Gasteiger partial charge in [0.1, 0.15) is 0 Å². The first-order valence-corrected chi connectivity index (χ1v) is 5.68. The third-order valence-electron chi connectivity index (χ3n) is 1.60. The van der Waals surface area contributed by atoms with Crippen LogP contribution in [0.15, 0.2) is 0 Å². The molecule has 0 aromatic carbocycles. The molecule has 2 unspecified atom stereocenters. The minimum Gasteiger partial charge on any atom is -0.375 e. The molecule has 1 aliphatic heterocycles. The summed E-state index contributed by atoms with van der Waals surface area (Å²) in [4.78, 5) is 0. The summed E-state index contributed by atoms with van der Waals surface area (Å²) in [6.07, 6.45) is 3.65. The highest BCUT2D eigenvalue weighted by molar-refractivity contribution is 7.57. The van der Waals surface area contributed by atoms with E-state index in [0.29, 0.717) is 20.1 Å². The van der Waals surface area contributed by atoms with Crippen molar-refractivity contribution in [2.45, 2.75) is 26.1 Å². The second-order valence-electron chi connectivity index (χ2n) is 2.98.